The highest BCUT2D eigenvalue weighted by atomic mass is 19.4. The monoisotopic (exact) mass is 848 g/mol. The summed E-state index contributed by atoms with van der Waals surface area (Å²) in [6.07, 6.45) is -6.09. The molecule has 1 heterocycles. The number of para-hydroxylation sites is 1. The van der Waals surface area contributed by atoms with Crippen molar-refractivity contribution in [3.8, 4) is 11.5 Å². The molecule has 0 saturated heterocycles. The first-order valence-corrected chi connectivity index (χ1v) is 21.0. The fourth-order valence-corrected chi connectivity index (χ4v) is 9.05. The van der Waals surface area contributed by atoms with E-state index < -0.39 is 43.4 Å². The van der Waals surface area contributed by atoms with E-state index in [4.69, 9.17) is 14.6 Å². The summed E-state index contributed by atoms with van der Waals surface area (Å²) >= 11 is 0. The molecule has 5 aliphatic rings. The van der Waals surface area contributed by atoms with Gasteiger partial charge in [-0.2, -0.15) is 26.3 Å². The van der Waals surface area contributed by atoms with Gasteiger partial charge < -0.3 is 24.1 Å². The summed E-state index contributed by atoms with van der Waals surface area (Å²) in [5, 5.41) is 9.01. The number of carbonyl (C=O) groups excluding carboxylic acids is 2. The minimum absolute atomic E-state index is 0.0325. The Balaban J connectivity index is 0.000000229. The van der Waals surface area contributed by atoms with Crippen molar-refractivity contribution in [2.45, 2.75) is 135 Å². The maximum atomic E-state index is 13.9. The van der Waals surface area contributed by atoms with Crippen molar-refractivity contribution >= 4 is 11.9 Å². The van der Waals surface area contributed by atoms with E-state index in [1.807, 2.05) is 57.2 Å². The number of hydrogen-bond acceptors (Lipinski definition) is 7. The molecule has 4 saturated carbocycles. The van der Waals surface area contributed by atoms with Crippen molar-refractivity contribution < 1.29 is 60.0 Å². The number of esters is 2. The molecule has 4 bridgehead atoms. The van der Waals surface area contributed by atoms with Gasteiger partial charge in [-0.15, -0.1) is 0 Å². The summed E-state index contributed by atoms with van der Waals surface area (Å²) in [5.41, 5.74) is -1.49. The van der Waals surface area contributed by atoms with Crippen LogP contribution in [0.5, 0.6) is 11.5 Å². The third-order valence-corrected chi connectivity index (χ3v) is 13.1. The molecule has 1 N–H and O–H groups in total. The van der Waals surface area contributed by atoms with Gasteiger partial charge in [0.1, 0.15) is 24.9 Å². The topological polar surface area (TPSA) is 91.3 Å². The van der Waals surface area contributed by atoms with E-state index in [-0.39, 0.29) is 41.1 Å². The summed E-state index contributed by atoms with van der Waals surface area (Å²) < 4.78 is 103. The summed E-state index contributed by atoms with van der Waals surface area (Å²) in [6, 6.07) is 21.6. The molecule has 7 nitrogen and oxygen atoms in total. The van der Waals surface area contributed by atoms with Gasteiger partial charge in [0.2, 0.25) is 0 Å². The Bertz CT molecular complexity index is 1820. The average molecular weight is 849 g/mol. The van der Waals surface area contributed by atoms with E-state index in [2.05, 4.69) is 30.2 Å². The number of fused-ring (bicyclic) bond motifs is 1. The molecule has 60 heavy (non-hydrogen) atoms. The van der Waals surface area contributed by atoms with Crippen LogP contribution in [0.2, 0.25) is 0 Å². The second-order valence-electron chi connectivity index (χ2n) is 17.1. The van der Waals surface area contributed by atoms with Gasteiger partial charge in [0.05, 0.1) is 12.0 Å². The first kappa shape index (κ1) is 47.0. The van der Waals surface area contributed by atoms with Gasteiger partial charge in [0.15, 0.2) is 0 Å². The minimum atomic E-state index is -6.10. The molecule has 3 aromatic carbocycles. The van der Waals surface area contributed by atoms with E-state index in [1.54, 1.807) is 24.3 Å². The van der Waals surface area contributed by atoms with Crippen LogP contribution in [0, 0.1) is 29.6 Å². The van der Waals surface area contributed by atoms with E-state index in [0.717, 1.165) is 61.8 Å². The largest absolute Gasteiger partial charge is 0.508 e. The molecule has 4 aliphatic carbocycles. The highest BCUT2D eigenvalue weighted by Crippen LogP contribution is 2.55. The van der Waals surface area contributed by atoms with Crippen molar-refractivity contribution in [1.29, 1.82) is 0 Å². The van der Waals surface area contributed by atoms with Gasteiger partial charge in [0, 0.05) is 0 Å². The van der Waals surface area contributed by atoms with Crippen LogP contribution in [0.15, 0.2) is 72.8 Å². The maximum absolute atomic E-state index is 13.9. The van der Waals surface area contributed by atoms with E-state index in [9.17, 15) is 35.9 Å². The van der Waals surface area contributed by atoms with Crippen LogP contribution < -0.4 is 4.74 Å². The highest BCUT2D eigenvalue weighted by molar-refractivity contribution is 5.82. The van der Waals surface area contributed by atoms with Crippen LogP contribution >= 0.6 is 0 Å². The zero-order valence-corrected chi connectivity index (χ0v) is 35.2. The zero-order valence-electron chi connectivity index (χ0n) is 35.2. The predicted molar refractivity (Wildman–Crippen MR) is 214 cm³/mol. The van der Waals surface area contributed by atoms with Gasteiger partial charge >= 0.3 is 29.9 Å². The number of halogens is 6. The summed E-state index contributed by atoms with van der Waals surface area (Å²) in [6.45, 7) is 10.2. The Kier molecular flexibility index (Phi) is 15.4. The van der Waals surface area contributed by atoms with Crippen LogP contribution in [-0.4, -0.2) is 47.9 Å². The van der Waals surface area contributed by atoms with Gasteiger partial charge in [-0.05, 0) is 127 Å². The predicted octanol–water partition coefficient (Wildman–Crippen LogP) is 12.2. The van der Waals surface area contributed by atoms with Crippen LogP contribution in [-0.2, 0) is 30.4 Å². The van der Waals surface area contributed by atoms with E-state index in [0.29, 0.717) is 23.5 Å². The molecule has 4 atom stereocenters. The van der Waals surface area contributed by atoms with Crippen molar-refractivity contribution in [2.24, 2.45) is 29.6 Å². The molecule has 0 radical (unpaired) electrons. The number of aromatic hydroxyl groups is 1. The SMILES string of the molecule is CC1C(=O)Oc2ccccc2C1C.CCC(C)c1ccc(COC(=O)C(OCOC2C3CC4CC(C3)CC2C4)(C(F)(F)F)C(F)(F)F)cc1.CCC(C)c1ccc(O)cc1. The van der Waals surface area contributed by atoms with Crippen molar-refractivity contribution in [1.82, 2.24) is 0 Å². The quantitative estimate of drug-likeness (QED) is 0.0889. The molecule has 0 amide bonds. The number of alkyl halides is 6. The molecule has 330 valence electrons. The first-order valence-electron chi connectivity index (χ1n) is 21.0. The summed E-state index contributed by atoms with van der Waals surface area (Å²) in [4.78, 5) is 23.8. The lowest BCUT2D eigenvalue weighted by Crippen LogP contribution is -2.65. The summed E-state index contributed by atoms with van der Waals surface area (Å²) in [7, 11) is 0. The molecule has 4 unspecified atom stereocenters. The van der Waals surface area contributed by atoms with E-state index >= 15 is 0 Å². The lowest BCUT2D eigenvalue weighted by Gasteiger charge is -2.54. The minimum Gasteiger partial charge on any atom is -0.508 e. The van der Waals surface area contributed by atoms with Crippen LogP contribution in [0.1, 0.15) is 126 Å². The third kappa shape index (κ3) is 10.7. The van der Waals surface area contributed by atoms with Crippen molar-refractivity contribution in [3.63, 3.8) is 0 Å². The van der Waals surface area contributed by atoms with Gasteiger partial charge in [-0.25, -0.2) is 4.79 Å². The zero-order chi connectivity index (χ0) is 44.0. The summed E-state index contributed by atoms with van der Waals surface area (Å²) in [5.74, 6) is 0.737. The number of benzene rings is 3. The molecule has 0 aromatic heterocycles. The first-order chi connectivity index (χ1) is 28.3. The fraction of sp³-hybridized carbons (Fsp3) is 0.574. The van der Waals surface area contributed by atoms with E-state index in [1.165, 1.54) is 17.7 Å². The van der Waals surface area contributed by atoms with Gasteiger partial charge in [-0.1, -0.05) is 96.1 Å². The number of phenolic OH excluding ortho intramolecular Hbond substituents is 1. The van der Waals surface area contributed by atoms with Crippen molar-refractivity contribution in [2.75, 3.05) is 6.79 Å². The van der Waals surface area contributed by atoms with Crippen LogP contribution in [0.25, 0.3) is 0 Å². The molecule has 3 aromatic rings. The Hall–Kier alpha value is -4.10. The number of phenols is 1. The average Bonchev–Trinajstić information content (AvgIpc) is 3.20. The third-order valence-electron chi connectivity index (χ3n) is 13.1. The number of hydrogen-bond donors (Lipinski definition) is 1. The lowest BCUT2D eigenvalue weighted by molar-refractivity contribution is -0.385. The molecular weight excluding hydrogens is 790 g/mol. The second kappa shape index (κ2) is 19.7. The van der Waals surface area contributed by atoms with Gasteiger partial charge in [-0.3, -0.25) is 4.79 Å². The number of carbonyl (C=O) groups is 2. The Morgan fingerprint density at radius 1 is 0.750 bits per heavy atom. The molecular formula is C47H58F6O7. The van der Waals surface area contributed by atoms with Crippen LogP contribution in [0.4, 0.5) is 26.3 Å². The fourth-order valence-electron chi connectivity index (χ4n) is 9.05. The number of ether oxygens (including phenoxy) is 4. The second-order valence-corrected chi connectivity index (χ2v) is 17.1. The molecule has 1 aliphatic heterocycles. The maximum Gasteiger partial charge on any atom is 0.437 e. The molecule has 4 fully saturated rings. The smallest absolute Gasteiger partial charge is 0.437 e. The standard InChI is InChI=1S/C26H32F6O4.C11H12O2.C10H14O/c1-3-15(2)19-6-4-16(5-7-19)13-34-23(33)24(25(27,28)29,26(30,31)32)36-14-35-22-20-9-17-8-18(11-20)12-21(22)10-17;1-7-8(2)11(12)13-10-6-4-3-5-9(7)10;1-3-8(2)9-4-6-10(11)7-5-9/h4-7,15,17-18,20-22H,3,8-14H2,1-2H3;3-8H,1-2H3;4-8,11H,3H2,1-2H3. The Morgan fingerprint density at radius 2 is 1.25 bits per heavy atom. The highest BCUT2D eigenvalue weighted by Gasteiger charge is 2.79. The van der Waals surface area contributed by atoms with Crippen LogP contribution in [0.3, 0.4) is 0 Å². The van der Waals surface area contributed by atoms with Crippen molar-refractivity contribution in [3.05, 3.63) is 95.1 Å². The Morgan fingerprint density at radius 3 is 1.75 bits per heavy atom. The molecule has 13 heteroatoms. The van der Waals surface area contributed by atoms with Gasteiger partial charge in [0.25, 0.3) is 0 Å². The molecule has 0 spiro atoms. The normalized spacial score (nSPS) is 25.4. The number of rotatable bonds is 11. The lowest BCUT2D eigenvalue weighted by atomic mass is 9.55. The molecule has 8 rings (SSSR count). The Labute approximate surface area is 349 Å².